The van der Waals surface area contributed by atoms with Gasteiger partial charge >= 0.3 is 11.9 Å². The van der Waals surface area contributed by atoms with Gasteiger partial charge in [-0.1, -0.05) is 24.3 Å². The highest BCUT2D eigenvalue weighted by molar-refractivity contribution is 5.98. The number of rotatable bonds is 6. The molecule has 0 radical (unpaired) electrons. The number of carbonyl (C=O) groups excluding carboxylic acids is 1. The molecule has 234 valence electrons. The Morgan fingerprint density at radius 3 is 2.34 bits per heavy atom. The maximum absolute atomic E-state index is 13.5. The van der Waals surface area contributed by atoms with E-state index < -0.39 is 35.2 Å². The molecule has 3 fully saturated rings. The monoisotopic (exact) mass is 608 g/mol. The van der Waals surface area contributed by atoms with Crippen molar-refractivity contribution in [2.24, 2.45) is 5.92 Å². The maximum Gasteiger partial charge on any atom is 0.335 e. The molecule has 3 unspecified atom stereocenters. The number of hydrogen-bond donors (Lipinski definition) is 6. The smallest absolute Gasteiger partial charge is 0.335 e. The summed E-state index contributed by atoms with van der Waals surface area (Å²) in [5.41, 5.74) is 2.56. The first-order valence-corrected chi connectivity index (χ1v) is 15.2. The molecule has 7 atom stereocenters. The second-order valence-corrected chi connectivity index (χ2v) is 13.1. The minimum absolute atomic E-state index is 0.0587. The van der Waals surface area contributed by atoms with E-state index in [1.807, 2.05) is 35.2 Å². The SMILES string of the molecule is O=C(O)C(O)C(O)C(=O)O.O=C1c2ccccc2CN1[C@@H]1CCC2(O)[C@H]3Cc4ccc(O)c5c4[C@@]2(CCN3CC2CC2)[C@H]1O5. The number of nitrogens with zero attached hydrogens (tertiary/aromatic N) is 2. The van der Waals surface area contributed by atoms with Gasteiger partial charge in [-0.3, -0.25) is 9.69 Å². The standard InChI is InChI=1S/C28H30N2O4.C4H6O6/c31-21-8-7-17-13-22-28(33)10-9-20(30-15-18-3-1-2-4-19(18)26(30)32)25-27(28,23(17)24(21)34-25)11-12-29(22)14-16-5-6-16;5-1(3(7)8)2(6)4(9)10/h1-4,7-8,16,20,22,25,31,33H,5-6,9-15H2;1-2,5-6H,(H,7,8)(H,9,10)/t20-,22-,25+,27+,28?;/m1./s1. The van der Waals surface area contributed by atoms with Crippen molar-refractivity contribution in [3.63, 3.8) is 0 Å². The molecule has 3 aliphatic carbocycles. The lowest BCUT2D eigenvalue weighted by Crippen LogP contribution is -2.78. The van der Waals surface area contributed by atoms with E-state index in [1.165, 1.54) is 18.4 Å². The normalized spacial score (nSPS) is 32.5. The number of aliphatic hydroxyl groups is 3. The summed E-state index contributed by atoms with van der Waals surface area (Å²) >= 11 is 0. The Morgan fingerprint density at radius 2 is 1.68 bits per heavy atom. The fourth-order valence-corrected chi connectivity index (χ4v) is 8.59. The number of likely N-dealkylation sites (tertiary alicyclic amines) is 1. The number of hydrogen-bond acceptors (Lipinski definition) is 9. The van der Waals surface area contributed by atoms with Crippen molar-refractivity contribution in [2.45, 2.75) is 86.5 Å². The van der Waals surface area contributed by atoms with Crippen LogP contribution in [0.2, 0.25) is 0 Å². The van der Waals surface area contributed by atoms with Crippen molar-refractivity contribution in [1.82, 2.24) is 9.80 Å². The molecule has 44 heavy (non-hydrogen) atoms. The molecule has 1 saturated heterocycles. The molecule has 2 bridgehead atoms. The topological polar surface area (TPSA) is 188 Å². The molecule has 6 aliphatic rings. The minimum atomic E-state index is -2.27. The number of piperidine rings is 1. The third-order valence-corrected chi connectivity index (χ3v) is 10.8. The van der Waals surface area contributed by atoms with E-state index in [9.17, 15) is 24.6 Å². The molecular formula is C32H36N2O10. The van der Waals surface area contributed by atoms with Gasteiger partial charge in [-0.2, -0.15) is 0 Å². The summed E-state index contributed by atoms with van der Waals surface area (Å²) in [5.74, 6) is -2.01. The van der Waals surface area contributed by atoms with Crippen molar-refractivity contribution in [3.05, 3.63) is 58.7 Å². The fraction of sp³-hybridized carbons (Fsp3) is 0.531. The zero-order chi connectivity index (χ0) is 31.1. The number of carboxylic acids is 2. The van der Waals surface area contributed by atoms with Crippen LogP contribution < -0.4 is 4.74 Å². The van der Waals surface area contributed by atoms with Crippen LogP contribution in [0.4, 0.5) is 0 Å². The second-order valence-electron chi connectivity index (χ2n) is 13.1. The largest absolute Gasteiger partial charge is 0.504 e. The average molecular weight is 609 g/mol. The molecule has 8 rings (SSSR count). The number of phenols is 1. The van der Waals surface area contributed by atoms with Gasteiger partial charge in [0.1, 0.15) is 6.10 Å². The number of aliphatic hydroxyl groups excluding tert-OH is 2. The number of aliphatic carboxylic acids is 2. The Labute approximate surface area is 253 Å². The molecule has 3 aliphatic heterocycles. The highest BCUT2D eigenvalue weighted by atomic mass is 16.5. The van der Waals surface area contributed by atoms with E-state index in [1.54, 1.807) is 6.07 Å². The summed E-state index contributed by atoms with van der Waals surface area (Å²) in [6.45, 7) is 2.58. The molecule has 2 aromatic rings. The van der Waals surface area contributed by atoms with Gasteiger partial charge in [0.15, 0.2) is 23.7 Å². The van der Waals surface area contributed by atoms with Gasteiger partial charge in [0.05, 0.1) is 17.1 Å². The first-order valence-electron chi connectivity index (χ1n) is 15.2. The number of aromatic hydroxyl groups is 1. The Balaban J connectivity index is 0.000000273. The van der Waals surface area contributed by atoms with Crippen LogP contribution in [-0.4, -0.2) is 107 Å². The predicted octanol–water partition coefficient (Wildman–Crippen LogP) is 0.858. The Morgan fingerprint density at radius 1 is 0.977 bits per heavy atom. The van der Waals surface area contributed by atoms with Crippen molar-refractivity contribution in [1.29, 1.82) is 0 Å². The Kier molecular flexibility index (Phi) is 6.70. The van der Waals surface area contributed by atoms with Crippen LogP contribution in [0, 0.1) is 5.92 Å². The van der Waals surface area contributed by atoms with Crippen molar-refractivity contribution in [3.8, 4) is 11.5 Å². The zero-order valence-electron chi connectivity index (χ0n) is 24.0. The van der Waals surface area contributed by atoms with Gasteiger partial charge in [-0.25, -0.2) is 9.59 Å². The number of amides is 1. The van der Waals surface area contributed by atoms with E-state index >= 15 is 0 Å². The van der Waals surface area contributed by atoms with Gasteiger partial charge in [-0.05, 0) is 74.2 Å². The highest BCUT2D eigenvalue weighted by Gasteiger charge is 2.73. The molecule has 2 aromatic carbocycles. The predicted molar refractivity (Wildman–Crippen MR) is 152 cm³/mol. The lowest BCUT2D eigenvalue weighted by Gasteiger charge is -2.64. The minimum Gasteiger partial charge on any atom is -0.504 e. The van der Waals surface area contributed by atoms with E-state index in [-0.39, 0.29) is 29.8 Å². The number of carbonyl (C=O) groups is 3. The summed E-state index contributed by atoms with van der Waals surface area (Å²) in [4.78, 5) is 37.5. The first-order chi connectivity index (χ1) is 21.0. The highest BCUT2D eigenvalue weighted by Crippen LogP contribution is 2.66. The van der Waals surface area contributed by atoms with Crippen LogP contribution >= 0.6 is 0 Å². The van der Waals surface area contributed by atoms with E-state index in [4.69, 9.17) is 25.2 Å². The molecule has 2 saturated carbocycles. The summed E-state index contributed by atoms with van der Waals surface area (Å²) < 4.78 is 6.65. The molecular weight excluding hydrogens is 572 g/mol. The molecule has 0 aromatic heterocycles. The average Bonchev–Trinajstić information content (AvgIpc) is 3.66. The molecule has 6 N–H and O–H groups in total. The lowest BCUT2D eigenvalue weighted by molar-refractivity contribution is -0.198. The van der Waals surface area contributed by atoms with Crippen molar-refractivity contribution >= 4 is 17.8 Å². The molecule has 12 nitrogen and oxygen atoms in total. The fourth-order valence-electron chi connectivity index (χ4n) is 8.59. The number of fused-ring (bicyclic) bond motifs is 1. The van der Waals surface area contributed by atoms with E-state index in [2.05, 4.69) is 4.90 Å². The molecule has 1 spiro atoms. The van der Waals surface area contributed by atoms with Crippen LogP contribution in [0.5, 0.6) is 11.5 Å². The lowest BCUT2D eigenvalue weighted by atomic mass is 9.48. The van der Waals surface area contributed by atoms with E-state index in [0.717, 1.165) is 48.5 Å². The Hall–Kier alpha value is -3.71. The van der Waals surface area contributed by atoms with Gasteiger partial charge in [0.2, 0.25) is 0 Å². The summed E-state index contributed by atoms with van der Waals surface area (Å²) in [7, 11) is 0. The van der Waals surface area contributed by atoms with Crippen LogP contribution in [0.1, 0.15) is 59.2 Å². The number of phenolic OH excluding ortho intramolecular Hbond substituents is 1. The summed E-state index contributed by atoms with van der Waals surface area (Å²) in [5, 5.41) is 55.9. The van der Waals surface area contributed by atoms with Crippen LogP contribution in [0.3, 0.4) is 0 Å². The van der Waals surface area contributed by atoms with Gasteiger partial charge in [-0.15, -0.1) is 0 Å². The van der Waals surface area contributed by atoms with Gasteiger partial charge in [0, 0.05) is 30.3 Å². The van der Waals surface area contributed by atoms with Crippen LogP contribution in [0.25, 0.3) is 0 Å². The third-order valence-electron chi connectivity index (χ3n) is 10.8. The van der Waals surface area contributed by atoms with Gasteiger partial charge < -0.3 is 40.3 Å². The quantitative estimate of drug-likeness (QED) is 0.273. The zero-order valence-corrected chi connectivity index (χ0v) is 24.0. The van der Waals surface area contributed by atoms with Crippen LogP contribution in [0.15, 0.2) is 36.4 Å². The number of benzene rings is 2. The molecule has 3 heterocycles. The second kappa shape index (κ2) is 10.2. The molecule has 1 amide bonds. The molecule has 12 heteroatoms. The van der Waals surface area contributed by atoms with Crippen LogP contribution in [-0.2, 0) is 28.0 Å². The third kappa shape index (κ3) is 4.08. The first kappa shape index (κ1) is 29.0. The van der Waals surface area contributed by atoms with Crippen molar-refractivity contribution < 1.29 is 49.8 Å². The maximum atomic E-state index is 13.5. The summed E-state index contributed by atoms with van der Waals surface area (Å²) in [6.07, 6.45) is 0.667. The van der Waals surface area contributed by atoms with Crippen molar-refractivity contribution in [2.75, 3.05) is 13.1 Å². The van der Waals surface area contributed by atoms with Gasteiger partial charge in [0.25, 0.3) is 5.91 Å². The number of ether oxygens (including phenoxy) is 1. The van der Waals surface area contributed by atoms with E-state index in [0.29, 0.717) is 25.1 Å². The number of carboxylic acid groups (broad SMARTS) is 2. The Bertz CT molecular complexity index is 1520. The summed E-state index contributed by atoms with van der Waals surface area (Å²) in [6, 6.07) is 11.6.